The first kappa shape index (κ1) is 19.0. The van der Waals surface area contributed by atoms with Gasteiger partial charge in [0.15, 0.2) is 0 Å². The number of sulfonamides is 1. The molecular formula is C19H23ClN2O3S. The molecule has 0 atom stereocenters. The molecule has 140 valence electrons. The molecule has 3 rings (SSSR count). The number of piperazine rings is 1. The molecule has 1 aliphatic heterocycles. The van der Waals surface area contributed by atoms with E-state index in [0.29, 0.717) is 37.0 Å². The lowest BCUT2D eigenvalue weighted by Gasteiger charge is -2.37. The lowest BCUT2D eigenvalue weighted by atomic mass is 10.1. The van der Waals surface area contributed by atoms with Gasteiger partial charge in [0.2, 0.25) is 10.0 Å². The van der Waals surface area contributed by atoms with Gasteiger partial charge in [-0.05, 0) is 43.2 Å². The van der Waals surface area contributed by atoms with Gasteiger partial charge in [-0.15, -0.1) is 0 Å². The van der Waals surface area contributed by atoms with Crippen LogP contribution < -0.4 is 9.64 Å². The Labute approximate surface area is 160 Å². The van der Waals surface area contributed by atoms with Crippen molar-refractivity contribution < 1.29 is 13.2 Å². The standard InChI is InChI=1S/C19H23ClN2O3S/c1-14-5-4-6-15(2)19(14)21-9-11-22(12-10-21)26(23,24)18-13-16(20)7-8-17(18)25-3/h4-8,13H,9-12H2,1-3H3. The van der Waals surface area contributed by atoms with E-state index in [-0.39, 0.29) is 4.90 Å². The van der Waals surface area contributed by atoms with E-state index in [1.54, 1.807) is 12.1 Å². The molecule has 2 aromatic carbocycles. The number of ether oxygens (including phenoxy) is 1. The van der Waals surface area contributed by atoms with E-state index in [0.717, 1.165) is 0 Å². The van der Waals surface area contributed by atoms with Crippen LogP contribution in [0.5, 0.6) is 5.75 Å². The second kappa shape index (κ2) is 7.47. The molecular weight excluding hydrogens is 372 g/mol. The maximum absolute atomic E-state index is 13.1. The van der Waals surface area contributed by atoms with Crippen LogP contribution in [-0.2, 0) is 10.0 Å². The lowest BCUT2D eigenvalue weighted by molar-refractivity contribution is 0.374. The summed E-state index contributed by atoms with van der Waals surface area (Å²) in [6.45, 7) is 6.31. The van der Waals surface area contributed by atoms with Gasteiger partial charge in [-0.3, -0.25) is 0 Å². The Bertz CT molecular complexity index is 887. The minimum atomic E-state index is -3.66. The number of hydrogen-bond donors (Lipinski definition) is 0. The van der Waals surface area contributed by atoms with Crippen molar-refractivity contribution in [3.05, 3.63) is 52.5 Å². The molecule has 0 amide bonds. The fourth-order valence-electron chi connectivity index (χ4n) is 3.45. The van der Waals surface area contributed by atoms with Gasteiger partial charge in [0.05, 0.1) is 7.11 Å². The fourth-order valence-corrected chi connectivity index (χ4v) is 5.29. The topological polar surface area (TPSA) is 49.9 Å². The summed E-state index contributed by atoms with van der Waals surface area (Å²) in [5.41, 5.74) is 3.61. The van der Waals surface area contributed by atoms with Gasteiger partial charge in [-0.25, -0.2) is 8.42 Å². The van der Waals surface area contributed by atoms with E-state index in [2.05, 4.69) is 30.9 Å². The van der Waals surface area contributed by atoms with Gasteiger partial charge in [0.25, 0.3) is 0 Å². The van der Waals surface area contributed by atoms with Crippen molar-refractivity contribution in [2.75, 3.05) is 38.2 Å². The number of anilines is 1. The Kier molecular flexibility index (Phi) is 5.46. The summed E-state index contributed by atoms with van der Waals surface area (Å²) in [5, 5.41) is 0.374. The number of rotatable bonds is 4. The van der Waals surface area contributed by atoms with E-state index in [1.807, 2.05) is 6.07 Å². The van der Waals surface area contributed by atoms with Crippen molar-refractivity contribution in [2.45, 2.75) is 18.7 Å². The van der Waals surface area contributed by atoms with Crippen LogP contribution in [0.15, 0.2) is 41.3 Å². The molecule has 1 fully saturated rings. The Morgan fingerprint density at radius 3 is 2.19 bits per heavy atom. The van der Waals surface area contributed by atoms with Crippen LogP contribution in [0.2, 0.25) is 5.02 Å². The molecule has 0 radical (unpaired) electrons. The van der Waals surface area contributed by atoms with Crippen LogP contribution in [0, 0.1) is 13.8 Å². The van der Waals surface area contributed by atoms with E-state index in [1.165, 1.54) is 34.3 Å². The van der Waals surface area contributed by atoms with Crippen molar-refractivity contribution in [3.63, 3.8) is 0 Å². The van der Waals surface area contributed by atoms with Gasteiger partial charge < -0.3 is 9.64 Å². The third-order valence-electron chi connectivity index (χ3n) is 4.74. The Morgan fingerprint density at radius 2 is 1.62 bits per heavy atom. The normalized spacial score (nSPS) is 15.9. The molecule has 0 N–H and O–H groups in total. The molecule has 0 unspecified atom stereocenters. The van der Waals surface area contributed by atoms with E-state index < -0.39 is 10.0 Å². The Hall–Kier alpha value is -1.76. The van der Waals surface area contributed by atoms with Gasteiger partial charge >= 0.3 is 0 Å². The van der Waals surface area contributed by atoms with Crippen molar-refractivity contribution in [1.29, 1.82) is 0 Å². The highest BCUT2D eigenvalue weighted by atomic mass is 35.5. The Morgan fingerprint density at radius 1 is 1.00 bits per heavy atom. The average Bonchev–Trinajstić information content (AvgIpc) is 2.62. The SMILES string of the molecule is COc1ccc(Cl)cc1S(=O)(=O)N1CCN(c2c(C)cccc2C)CC1. The highest BCUT2D eigenvalue weighted by Gasteiger charge is 2.31. The van der Waals surface area contributed by atoms with Crippen molar-refractivity contribution in [3.8, 4) is 5.75 Å². The van der Waals surface area contributed by atoms with Crippen LogP contribution in [-0.4, -0.2) is 46.0 Å². The van der Waals surface area contributed by atoms with Gasteiger partial charge in [-0.1, -0.05) is 29.8 Å². The minimum absolute atomic E-state index is 0.119. The molecule has 2 aromatic rings. The van der Waals surface area contributed by atoms with Crippen molar-refractivity contribution >= 4 is 27.3 Å². The number of halogens is 1. The van der Waals surface area contributed by atoms with Gasteiger partial charge in [0, 0.05) is 36.9 Å². The zero-order valence-corrected chi connectivity index (χ0v) is 16.8. The number of para-hydroxylation sites is 1. The summed E-state index contributed by atoms with van der Waals surface area (Å²) in [5.74, 6) is 0.312. The number of aryl methyl sites for hydroxylation is 2. The monoisotopic (exact) mass is 394 g/mol. The number of benzene rings is 2. The zero-order chi connectivity index (χ0) is 18.9. The zero-order valence-electron chi connectivity index (χ0n) is 15.2. The maximum atomic E-state index is 13.1. The quantitative estimate of drug-likeness (QED) is 0.796. The second-order valence-electron chi connectivity index (χ2n) is 6.43. The van der Waals surface area contributed by atoms with E-state index in [4.69, 9.17) is 16.3 Å². The summed E-state index contributed by atoms with van der Waals surface area (Å²) >= 11 is 6.01. The molecule has 7 heteroatoms. The summed E-state index contributed by atoms with van der Waals surface area (Å²) in [7, 11) is -2.20. The molecule has 5 nitrogen and oxygen atoms in total. The Balaban J connectivity index is 1.83. The summed E-state index contributed by atoms with van der Waals surface area (Å²) < 4.78 is 32.9. The molecule has 1 heterocycles. The van der Waals surface area contributed by atoms with Crippen LogP contribution in [0.25, 0.3) is 0 Å². The second-order valence-corrected chi connectivity index (χ2v) is 8.77. The fraction of sp³-hybridized carbons (Fsp3) is 0.368. The van der Waals surface area contributed by atoms with Gasteiger partial charge in [-0.2, -0.15) is 4.31 Å². The van der Waals surface area contributed by atoms with Crippen LogP contribution in [0.3, 0.4) is 0 Å². The molecule has 1 saturated heterocycles. The van der Waals surface area contributed by atoms with E-state index in [9.17, 15) is 8.42 Å². The minimum Gasteiger partial charge on any atom is -0.495 e. The molecule has 0 saturated carbocycles. The molecule has 26 heavy (non-hydrogen) atoms. The highest BCUT2D eigenvalue weighted by molar-refractivity contribution is 7.89. The molecule has 0 spiro atoms. The summed E-state index contributed by atoms with van der Waals surface area (Å²) in [6.07, 6.45) is 0. The average molecular weight is 395 g/mol. The summed E-state index contributed by atoms with van der Waals surface area (Å²) in [4.78, 5) is 2.37. The van der Waals surface area contributed by atoms with Crippen LogP contribution >= 0.6 is 11.6 Å². The van der Waals surface area contributed by atoms with Crippen molar-refractivity contribution in [2.24, 2.45) is 0 Å². The first-order valence-electron chi connectivity index (χ1n) is 8.49. The first-order valence-corrected chi connectivity index (χ1v) is 10.3. The predicted octanol–water partition coefficient (Wildman–Crippen LogP) is 3.48. The van der Waals surface area contributed by atoms with Crippen LogP contribution in [0.1, 0.15) is 11.1 Å². The van der Waals surface area contributed by atoms with Crippen LogP contribution in [0.4, 0.5) is 5.69 Å². The molecule has 0 aliphatic carbocycles. The largest absolute Gasteiger partial charge is 0.495 e. The van der Waals surface area contributed by atoms with E-state index >= 15 is 0 Å². The summed E-state index contributed by atoms with van der Waals surface area (Å²) in [6, 6.07) is 10.9. The highest BCUT2D eigenvalue weighted by Crippen LogP contribution is 2.31. The predicted molar refractivity (Wildman–Crippen MR) is 105 cm³/mol. The molecule has 1 aliphatic rings. The lowest BCUT2D eigenvalue weighted by Crippen LogP contribution is -2.49. The third kappa shape index (κ3) is 3.54. The number of methoxy groups -OCH3 is 1. The van der Waals surface area contributed by atoms with Crippen molar-refractivity contribution in [1.82, 2.24) is 4.31 Å². The molecule has 0 bridgehead atoms. The third-order valence-corrected chi connectivity index (χ3v) is 6.89. The van der Waals surface area contributed by atoms with Gasteiger partial charge in [0.1, 0.15) is 10.6 Å². The maximum Gasteiger partial charge on any atom is 0.246 e. The smallest absolute Gasteiger partial charge is 0.246 e. The molecule has 0 aromatic heterocycles. The number of nitrogens with zero attached hydrogens (tertiary/aromatic N) is 2. The number of hydrogen-bond acceptors (Lipinski definition) is 4. The first-order chi connectivity index (χ1) is 12.3.